The number of aliphatic hydroxyl groups is 1. The van der Waals surface area contributed by atoms with Crippen molar-refractivity contribution >= 4 is 39.1 Å². The fraction of sp³-hybridized carbons (Fsp3) is 0.571. The first-order valence-electron chi connectivity index (χ1n) is 10.4. The van der Waals surface area contributed by atoms with Crippen molar-refractivity contribution in [3.05, 3.63) is 23.2 Å². The van der Waals surface area contributed by atoms with Gasteiger partial charge in [-0.15, -0.1) is 11.3 Å². The number of nitrogens with one attached hydrogen (secondary N) is 3. The van der Waals surface area contributed by atoms with Gasteiger partial charge in [-0.1, -0.05) is 6.92 Å². The van der Waals surface area contributed by atoms with E-state index >= 15 is 0 Å². The van der Waals surface area contributed by atoms with E-state index in [0.29, 0.717) is 23.7 Å². The van der Waals surface area contributed by atoms with Crippen molar-refractivity contribution in [1.82, 2.24) is 20.2 Å². The number of anilines is 3. The summed E-state index contributed by atoms with van der Waals surface area (Å²) in [5.41, 5.74) is 1.37. The number of rotatable bonds is 4. The van der Waals surface area contributed by atoms with Crippen molar-refractivity contribution < 1.29 is 5.11 Å². The molecule has 0 aliphatic heterocycles. The average molecular weight is 413 g/mol. The van der Waals surface area contributed by atoms with E-state index in [0.717, 1.165) is 46.8 Å². The van der Waals surface area contributed by atoms with Gasteiger partial charge < -0.3 is 15.7 Å². The number of aromatic amines is 1. The Morgan fingerprint density at radius 3 is 2.93 bits per heavy atom. The minimum atomic E-state index is -0.559. The third-order valence-corrected chi connectivity index (χ3v) is 7.35. The normalized spacial score (nSPS) is 31.7. The summed E-state index contributed by atoms with van der Waals surface area (Å²) in [6.45, 7) is 6.27. The second kappa shape index (κ2) is 6.95. The first-order valence-corrected chi connectivity index (χ1v) is 11.3. The molecule has 0 amide bonds. The summed E-state index contributed by atoms with van der Waals surface area (Å²) >= 11 is 1.62. The monoisotopic (exact) mass is 412 g/mol. The molecule has 0 spiro atoms. The summed E-state index contributed by atoms with van der Waals surface area (Å²) in [4.78, 5) is 9.58. The van der Waals surface area contributed by atoms with Crippen molar-refractivity contribution in [1.29, 1.82) is 0 Å². The third-order valence-electron chi connectivity index (χ3n) is 6.44. The topological polar surface area (TPSA) is 98.8 Å². The van der Waals surface area contributed by atoms with Gasteiger partial charge in [0.15, 0.2) is 11.6 Å². The largest absolute Gasteiger partial charge is 0.390 e. The van der Waals surface area contributed by atoms with Crippen molar-refractivity contribution in [3.8, 4) is 0 Å². The van der Waals surface area contributed by atoms with Gasteiger partial charge >= 0.3 is 0 Å². The highest BCUT2D eigenvalue weighted by molar-refractivity contribution is 7.17. The van der Waals surface area contributed by atoms with Crippen LogP contribution in [0.2, 0.25) is 0 Å². The lowest BCUT2D eigenvalue weighted by Crippen LogP contribution is -2.50. The van der Waals surface area contributed by atoms with Crippen LogP contribution in [0.5, 0.6) is 0 Å². The molecule has 0 saturated heterocycles. The van der Waals surface area contributed by atoms with Crippen LogP contribution in [0.3, 0.4) is 0 Å². The highest BCUT2D eigenvalue weighted by Gasteiger charge is 2.45. The van der Waals surface area contributed by atoms with E-state index in [1.54, 1.807) is 11.3 Å². The van der Waals surface area contributed by atoms with Crippen LogP contribution < -0.4 is 10.6 Å². The van der Waals surface area contributed by atoms with Crippen molar-refractivity contribution in [2.45, 2.75) is 58.1 Å². The van der Waals surface area contributed by atoms with Gasteiger partial charge in [-0.25, -0.2) is 4.98 Å². The van der Waals surface area contributed by atoms with Gasteiger partial charge in [0.1, 0.15) is 0 Å². The maximum atomic E-state index is 10.7. The predicted molar refractivity (Wildman–Crippen MR) is 117 cm³/mol. The third kappa shape index (κ3) is 3.71. The van der Waals surface area contributed by atoms with Gasteiger partial charge in [0.2, 0.25) is 5.95 Å². The zero-order chi connectivity index (χ0) is 20.2. The second-order valence-corrected chi connectivity index (χ2v) is 10.2. The van der Waals surface area contributed by atoms with E-state index in [2.05, 4.69) is 27.8 Å². The summed E-state index contributed by atoms with van der Waals surface area (Å²) in [5.74, 6) is 3.76. The molecule has 5 unspecified atom stereocenters. The minimum Gasteiger partial charge on any atom is -0.390 e. The molecular weight excluding hydrogens is 384 g/mol. The van der Waals surface area contributed by atoms with Crippen molar-refractivity contribution in [3.63, 3.8) is 0 Å². The Kier molecular flexibility index (Phi) is 4.51. The fourth-order valence-corrected chi connectivity index (χ4v) is 6.26. The number of H-pyrrole nitrogens is 1. The number of aryl methyl sites for hydroxylation is 1. The van der Waals surface area contributed by atoms with Crippen LogP contribution in [-0.4, -0.2) is 36.9 Å². The molecule has 2 aliphatic rings. The van der Waals surface area contributed by atoms with Crippen LogP contribution in [-0.2, 0) is 0 Å². The van der Waals surface area contributed by atoms with Crippen LogP contribution in [0.15, 0.2) is 17.5 Å². The highest BCUT2D eigenvalue weighted by Crippen LogP contribution is 2.47. The second-order valence-electron chi connectivity index (χ2n) is 9.24. The van der Waals surface area contributed by atoms with E-state index in [9.17, 15) is 5.11 Å². The zero-order valence-electron chi connectivity index (χ0n) is 17.1. The van der Waals surface area contributed by atoms with E-state index in [1.165, 1.54) is 6.42 Å². The van der Waals surface area contributed by atoms with Gasteiger partial charge in [0.25, 0.3) is 0 Å². The Bertz CT molecular complexity index is 1030. The molecule has 29 heavy (non-hydrogen) atoms. The van der Waals surface area contributed by atoms with E-state index in [1.807, 2.05) is 31.4 Å². The number of aromatic nitrogens is 4. The SMILES string of the molecule is Cc1cc(Nc2nc(NC3C(C)CC4CC3CC(C)(O)C4)nc3ccsc23)n[nH]1. The number of hydrogen-bond acceptors (Lipinski definition) is 7. The Hall–Kier alpha value is -2.19. The van der Waals surface area contributed by atoms with Gasteiger partial charge in [0, 0.05) is 17.8 Å². The first-order chi connectivity index (χ1) is 13.9. The molecule has 0 aromatic carbocycles. The first kappa shape index (κ1) is 18.8. The van der Waals surface area contributed by atoms with Gasteiger partial charge in [-0.05, 0) is 68.7 Å². The van der Waals surface area contributed by atoms with Crippen LogP contribution in [0, 0.1) is 24.7 Å². The van der Waals surface area contributed by atoms with Crippen LogP contribution in [0.1, 0.15) is 45.2 Å². The summed E-state index contributed by atoms with van der Waals surface area (Å²) in [6.07, 6.45) is 4.08. The number of nitrogens with zero attached hydrogens (tertiary/aromatic N) is 3. The Labute approximate surface area is 174 Å². The number of hydrogen-bond donors (Lipinski definition) is 4. The molecule has 2 bridgehead atoms. The van der Waals surface area contributed by atoms with Gasteiger partial charge in [0.05, 0.1) is 15.8 Å². The molecular formula is C21H28N6OS. The van der Waals surface area contributed by atoms with E-state index in [4.69, 9.17) is 9.97 Å². The van der Waals surface area contributed by atoms with Crippen LogP contribution in [0.25, 0.3) is 10.2 Å². The number of thiophene rings is 1. The molecule has 8 heteroatoms. The Morgan fingerprint density at radius 1 is 1.28 bits per heavy atom. The Morgan fingerprint density at radius 2 is 2.14 bits per heavy atom. The maximum Gasteiger partial charge on any atom is 0.225 e. The van der Waals surface area contributed by atoms with Crippen molar-refractivity contribution in [2.24, 2.45) is 17.8 Å². The average Bonchev–Trinajstić information content (AvgIpc) is 3.26. The lowest BCUT2D eigenvalue weighted by Gasteiger charge is -2.49. The molecule has 154 valence electrons. The molecule has 7 nitrogen and oxygen atoms in total. The summed E-state index contributed by atoms with van der Waals surface area (Å²) < 4.78 is 1.02. The maximum absolute atomic E-state index is 10.7. The predicted octanol–water partition coefficient (Wildman–Crippen LogP) is 4.45. The van der Waals surface area contributed by atoms with Crippen LogP contribution >= 0.6 is 11.3 Å². The molecule has 5 atom stereocenters. The lowest BCUT2D eigenvalue weighted by atomic mass is 9.61. The Balaban J connectivity index is 1.44. The zero-order valence-corrected chi connectivity index (χ0v) is 17.9. The molecule has 2 fully saturated rings. The van der Waals surface area contributed by atoms with Crippen LogP contribution in [0.4, 0.5) is 17.6 Å². The molecule has 4 N–H and O–H groups in total. The van der Waals surface area contributed by atoms with E-state index < -0.39 is 5.60 Å². The summed E-state index contributed by atoms with van der Waals surface area (Å²) in [6, 6.07) is 4.26. The summed E-state index contributed by atoms with van der Waals surface area (Å²) in [5, 5.41) is 26.9. The smallest absolute Gasteiger partial charge is 0.225 e. The van der Waals surface area contributed by atoms with Crippen molar-refractivity contribution in [2.75, 3.05) is 10.6 Å². The molecule has 2 aliphatic carbocycles. The molecule has 0 radical (unpaired) electrons. The van der Waals surface area contributed by atoms with Gasteiger partial charge in [-0.3, -0.25) is 5.10 Å². The van der Waals surface area contributed by atoms with E-state index in [-0.39, 0.29) is 6.04 Å². The molecule has 3 aromatic heterocycles. The quantitative estimate of drug-likeness (QED) is 0.505. The summed E-state index contributed by atoms with van der Waals surface area (Å²) in [7, 11) is 0. The molecule has 5 rings (SSSR count). The lowest BCUT2D eigenvalue weighted by molar-refractivity contribution is -0.0502. The standard InChI is InChI=1S/C21H28N6OS/c1-11-6-13-8-14(10-21(3,28)9-13)17(11)24-20-22-15-4-5-29-18(15)19(25-20)23-16-7-12(2)26-27-16/h4-5,7,11,13-14,17,28H,6,8-10H2,1-3H3,(H3,22,23,24,25,26,27). The molecule has 3 aromatic rings. The molecule has 3 heterocycles. The minimum absolute atomic E-state index is 0.273. The number of fused-ring (bicyclic) bond motifs is 3. The highest BCUT2D eigenvalue weighted by atomic mass is 32.1. The molecule has 2 saturated carbocycles. The fourth-order valence-electron chi connectivity index (χ4n) is 5.48. The van der Waals surface area contributed by atoms with Gasteiger partial charge in [-0.2, -0.15) is 10.1 Å².